The number of hydrogen-bond acceptors (Lipinski definition) is 1. The van der Waals surface area contributed by atoms with Crippen molar-refractivity contribution in [1.29, 1.82) is 0 Å². The van der Waals surface area contributed by atoms with Crippen LogP contribution in [-0.2, 0) is 0 Å². The van der Waals surface area contributed by atoms with Gasteiger partial charge in [-0.2, -0.15) is 52.7 Å². The Morgan fingerprint density at radius 1 is 0.593 bits per heavy atom. The molecule has 0 aromatic heterocycles. The third-order valence-electron chi connectivity index (χ3n) is 5.50. The Kier molecular flexibility index (Phi) is 4.01. The summed E-state index contributed by atoms with van der Waals surface area (Å²) in [5.74, 6) is 0. The predicted molar refractivity (Wildman–Crippen MR) is 65.4 cm³/mol. The number of rotatable bonds is 1. The Balaban J connectivity index is 2.32. The molecule has 1 saturated heterocycles. The highest BCUT2D eigenvalue weighted by Crippen LogP contribution is 2.84. The standard InChI is InChI=1S/C14H11F12N/c15-11(16,17)7-8(12(18,19)20)10(14(24,25)26)9(7,13(21,22)23)27(10)6-4-2-1-3-5-6/h6H,1-5H2/t9-,10+,27?. The van der Waals surface area contributed by atoms with Gasteiger partial charge in [0.2, 0.25) is 0 Å². The fourth-order valence-corrected chi connectivity index (χ4v) is 4.83. The molecule has 1 aliphatic heterocycles. The van der Waals surface area contributed by atoms with Gasteiger partial charge in [0.05, 0.1) is 11.1 Å². The van der Waals surface area contributed by atoms with Gasteiger partial charge in [0, 0.05) is 6.04 Å². The van der Waals surface area contributed by atoms with Gasteiger partial charge < -0.3 is 0 Å². The largest absolute Gasteiger partial charge is 0.415 e. The summed E-state index contributed by atoms with van der Waals surface area (Å²) in [6.45, 7) is 0. The van der Waals surface area contributed by atoms with E-state index in [-0.39, 0.29) is 25.7 Å². The van der Waals surface area contributed by atoms with E-state index < -0.39 is 57.9 Å². The summed E-state index contributed by atoms with van der Waals surface area (Å²) < 4.78 is 161. The maximum Gasteiger partial charge on any atom is 0.415 e. The highest BCUT2D eigenvalue weighted by molar-refractivity contribution is 5.71. The Morgan fingerprint density at radius 2 is 0.926 bits per heavy atom. The maximum absolute atomic E-state index is 13.6. The smallest absolute Gasteiger partial charge is 0.261 e. The highest BCUT2D eigenvalue weighted by Gasteiger charge is 3.06. The molecular weight excluding hydrogens is 410 g/mol. The van der Waals surface area contributed by atoms with Crippen molar-refractivity contribution >= 4 is 0 Å². The fraction of sp³-hybridized carbons (Fsp3) is 0.857. The van der Waals surface area contributed by atoms with Crippen molar-refractivity contribution in [2.75, 3.05) is 0 Å². The number of fused-ring (bicyclic) bond motifs is 1. The van der Waals surface area contributed by atoms with Gasteiger partial charge in [0.1, 0.15) is 0 Å². The van der Waals surface area contributed by atoms with Crippen LogP contribution in [0.25, 0.3) is 0 Å². The van der Waals surface area contributed by atoms with Crippen LogP contribution in [0.4, 0.5) is 52.7 Å². The van der Waals surface area contributed by atoms with Crippen molar-refractivity contribution < 1.29 is 52.7 Å². The van der Waals surface area contributed by atoms with Crippen molar-refractivity contribution in [3.63, 3.8) is 0 Å². The summed E-state index contributed by atoms with van der Waals surface area (Å²) in [5.41, 5.74) is -15.9. The quantitative estimate of drug-likeness (QED) is 0.300. The molecule has 1 unspecified atom stereocenters. The van der Waals surface area contributed by atoms with Gasteiger partial charge in [0.25, 0.3) is 0 Å². The van der Waals surface area contributed by atoms with Crippen LogP contribution in [0, 0.1) is 0 Å². The van der Waals surface area contributed by atoms with Gasteiger partial charge in [-0.15, -0.1) is 0 Å². The number of alkyl halides is 12. The molecule has 0 bridgehead atoms. The van der Waals surface area contributed by atoms with Crippen molar-refractivity contribution in [2.45, 2.75) is 73.9 Å². The monoisotopic (exact) mass is 421 g/mol. The summed E-state index contributed by atoms with van der Waals surface area (Å²) in [6.07, 6.45) is -24.9. The van der Waals surface area contributed by atoms with Crippen molar-refractivity contribution in [3.05, 3.63) is 11.1 Å². The molecule has 156 valence electrons. The van der Waals surface area contributed by atoms with E-state index in [2.05, 4.69) is 0 Å². The van der Waals surface area contributed by atoms with Gasteiger partial charge in [-0.1, -0.05) is 19.3 Å². The van der Waals surface area contributed by atoms with Crippen LogP contribution in [0.3, 0.4) is 0 Å². The second kappa shape index (κ2) is 5.26. The van der Waals surface area contributed by atoms with Crippen LogP contribution in [0.15, 0.2) is 11.1 Å². The van der Waals surface area contributed by atoms with E-state index in [1.54, 1.807) is 0 Å². The highest BCUT2D eigenvalue weighted by atomic mass is 19.4. The average Bonchev–Trinajstić information content (AvgIpc) is 2.93. The third-order valence-corrected chi connectivity index (χ3v) is 5.50. The lowest BCUT2D eigenvalue weighted by atomic mass is 9.66. The lowest BCUT2D eigenvalue weighted by molar-refractivity contribution is -0.233. The van der Waals surface area contributed by atoms with Gasteiger partial charge in [-0.05, 0) is 12.8 Å². The van der Waals surface area contributed by atoms with E-state index in [1.807, 2.05) is 0 Å². The summed E-state index contributed by atoms with van der Waals surface area (Å²) in [4.78, 5) is -0.620. The molecule has 3 atom stereocenters. The Hall–Kier alpha value is -1.14. The molecule has 3 aliphatic rings. The Bertz CT molecular complexity index is 612. The summed E-state index contributed by atoms with van der Waals surface area (Å²) in [6, 6.07) is -1.68. The van der Waals surface area contributed by atoms with Crippen LogP contribution in [0.1, 0.15) is 32.1 Å². The van der Waals surface area contributed by atoms with Crippen LogP contribution in [-0.4, -0.2) is 46.7 Å². The van der Waals surface area contributed by atoms with Gasteiger partial charge in [-0.25, -0.2) is 0 Å². The van der Waals surface area contributed by atoms with Crippen molar-refractivity contribution in [3.8, 4) is 0 Å². The number of hydrogen-bond donors (Lipinski definition) is 0. The summed E-state index contributed by atoms with van der Waals surface area (Å²) >= 11 is 0. The van der Waals surface area contributed by atoms with E-state index in [0.717, 1.165) is 0 Å². The van der Waals surface area contributed by atoms with E-state index in [9.17, 15) is 52.7 Å². The lowest BCUT2D eigenvalue weighted by Crippen LogP contribution is -2.62. The molecule has 0 N–H and O–H groups in total. The first kappa shape index (κ1) is 20.6. The molecule has 0 amide bonds. The summed E-state index contributed by atoms with van der Waals surface area (Å²) in [5, 5.41) is 0. The minimum absolute atomic E-state index is 0.117. The van der Waals surface area contributed by atoms with Gasteiger partial charge >= 0.3 is 24.7 Å². The molecule has 1 nitrogen and oxygen atoms in total. The molecule has 27 heavy (non-hydrogen) atoms. The first-order valence-electron chi connectivity index (χ1n) is 7.79. The zero-order valence-corrected chi connectivity index (χ0v) is 13.1. The zero-order valence-electron chi connectivity index (χ0n) is 13.1. The molecule has 3 rings (SSSR count). The molecule has 1 heterocycles. The normalized spacial score (nSPS) is 35.8. The van der Waals surface area contributed by atoms with E-state index in [4.69, 9.17) is 0 Å². The maximum atomic E-state index is 13.6. The van der Waals surface area contributed by atoms with Crippen LogP contribution < -0.4 is 0 Å². The lowest BCUT2D eigenvalue weighted by Gasteiger charge is -2.40. The second-order valence-corrected chi connectivity index (χ2v) is 6.82. The molecule has 0 aromatic rings. The molecule has 0 spiro atoms. The molecule has 2 aliphatic carbocycles. The van der Waals surface area contributed by atoms with Crippen LogP contribution >= 0.6 is 0 Å². The summed E-state index contributed by atoms with van der Waals surface area (Å²) in [7, 11) is 0. The van der Waals surface area contributed by atoms with Gasteiger partial charge in [0.15, 0.2) is 11.1 Å². The SMILES string of the molecule is FC(F)(F)C1=C(C(F)(F)F)[C@]2(C(F)(F)F)N(C3CCCCC3)[C@]12C(F)(F)F. The zero-order chi connectivity index (χ0) is 20.8. The fourth-order valence-electron chi connectivity index (χ4n) is 4.83. The molecular formula is C14H11F12N. The first-order chi connectivity index (χ1) is 12.0. The predicted octanol–water partition coefficient (Wildman–Crippen LogP) is 5.67. The number of nitrogens with zero attached hydrogens (tertiary/aromatic N) is 1. The van der Waals surface area contributed by atoms with Crippen LogP contribution in [0.5, 0.6) is 0 Å². The minimum atomic E-state index is -6.22. The molecule has 0 radical (unpaired) electrons. The number of halogens is 12. The van der Waals surface area contributed by atoms with Crippen molar-refractivity contribution in [2.24, 2.45) is 0 Å². The van der Waals surface area contributed by atoms with Crippen molar-refractivity contribution in [1.82, 2.24) is 4.90 Å². The van der Waals surface area contributed by atoms with E-state index in [0.29, 0.717) is 6.42 Å². The third kappa shape index (κ3) is 2.26. The molecule has 13 heteroatoms. The van der Waals surface area contributed by atoms with Crippen LogP contribution in [0.2, 0.25) is 0 Å². The minimum Gasteiger partial charge on any atom is -0.261 e. The Labute approximate surface area is 144 Å². The van der Waals surface area contributed by atoms with E-state index >= 15 is 0 Å². The Morgan fingerprint density at radius 3 is 1.19 bits per heavy atom. The molecule has 2 fully saturated rings. The topological polar surface area (TPSA) is 3.01 Å². The van der Waals surface area contributed by atoms with E-state index in [1.165, 1.54) is 0 Å². The first-order valence-corrected chi connectivity index (χ1v) is 7.79. The van der Waals surface area contributed by atoms with Gasteiger partial charge in [-0.3, -0.25) is 4.90 Å². The molecule has 1 saturated carbocycles. The second-order valence-electron chi connectivity index (χ2n) is 6.82. The molecule has 0 aromatic carbocycles. The average molecular weight is 421 g/mol.